The Morgan fingerprint density at radius 1 is 0.969 bits per heavy atom. The number of nitrogens with zero attached hydrogens (tertiary/aromatic N) is 3. The number of aryl methyl sites for hydroxylation is 1. The Hall–Kier alpha value is -2.91. The molecule has 1 heterocycles. The number of terminal acetylenes is 1. The van der Waals surface area contributed by atoms with Crippen LogP contribution in [0.1, 0.15) is 18.1 Å². The normalized spacial score (nSPS) is 10.7. The van der Waals surface area contributed by atoms with Gasteiger partial charge in [-0.15, -0.1) is 6.42 Å². The summed E-state index contributed by atoms with van der Waals surface area (Å²) in [6.07, 6.45) is 8.03. The van der Waals surface area contributed by atoms with E-state index in [0.29, 0.717) is 43.7 Å². The lowest BCUT2D eigenvalue weighted by Gasteiger charge is -2.23. The molecule has 3 aromatic rings. The number of ether oxygens (including phenoxy) is 4. The molecule has 0 N–H and O–H groups in total. The summed E-state index contributed by atoms with van der Waals surface area (Å²) in [5, 5.41) is 0.821. The first-order valence-electron chi connectivity index (χ1n) is 10.3. The van der Waals surface area contributed by atoms with Gasteiger partial charge in [-0.25, -0.2) is 9.97 Å². The average molecular weight is 453 g/mol. The molecule has 8 heteroatoms. The molecular weight excluding hydrogens is 425 g/mol. The molecule has 3 rings (SSSR count). The second kappa shape index (κ2) is 11.6. The zero-order valence-corrected chi connectivity index (χ0v) is 19.8. The predicted octanol–water partition coefficient (Wildman–Crippen LogP) is 4.15. The van der Waals surface area contributed by atoms with E-state index in [0.717, 1.165) is 34.1 Å². The van der Waals surface area contributed by atoms with E-state index in [2.05, 4.69) is 32.2 Å². The SMILES string of the molecule is C#Cc1ccc(CC)c(N(P)c2ncnc3cc(OCCOC)c(OCCOC)cc23)c1. The van der Waals surface area contributed by atoms with E-state index < -0.39 is 0 Å². The third-order valence-electron chi connectivity index (χ3n) is 4.89. The van der Waals surface area contributed by atoms with Crippen molar-refractivity contribution in [3.63, 3.8) is 0 Å². The lowest BCUT2D eigenvalue weighted by molar-refractivity contribution is 0.132. The summed E-state index contributed by atoms with van der Waals surface area (Å²) in [6.45, 7) is 3.82. The molecular formula is C24H28N3O4P. The molecule has 0 aliphatic rings. The topological polar surface area (TPSA) is 65.9 Å². The van der Waals surface area contributed by atoms with Crippen molar-refractivity contribution < 1.29 is 18.9 Å². The lowest BCUT2D eigenvalue weighted by Crippen LogP contribution is -2.10. The maximum absolute atomic E-state index is 5.94. The number of methoxy groups -OCH3 is 2. The van der Waals surface area contributed by atoms with Crippen LogP contribution in [0.25, 0.3) is 10.9 Å². The number of rotatable bonds is 11. The number of hydrogen-bond donors (Lipinski definition) is 0. The van der Waals surface area contributed by atoms with Gasteiger partial charge in [0, 0.05) is 31.2 Å². The Kier molecular flexibility index (Phi) is 8.64. The van der Waals surface area contributed by atoms with E-state index in [1.54, 1.807) is 14.2 Å². The molecule has 0 bridgehead atoms. The van der Waals surface area contributed by atoms with E-state index >= 15 is 0 Å². The van der Waals surface area contributed by atoms with Crippen LogP contribution >= 0.6 is 9.39 Å². The van der Waals surface area contributed by atoms with Crippen LogP contribution in [0.2, 0.25) is 0 Å². The van der Waals surface area contributed by atoms with Gasteiger partial charge in [-0.3, -0.25) is 0 Å². The van der Waals surface area contributed by atoms with Crippen molar-refractivity contribution in [2.45, 2.75) is 13.3 Å². The monoisotopic (exact) mass is 453 g/mol. The Bertz CT molecular complexity index is 1100. The van der Waals surface area contributed by atoms with Crippen LogP contribution in [0, 0.1) is 12.3 Å². The van der Waals surface area contributed by atoms with Crippen molar-refractivity contribution in [2.75, 3.05) is 45.3 Å². The van der Waals surface area contributed by atoms with Gasteiger partial charge in [0.25, 0.3) is 0 Å². The van der Waals surface area contributed by atoms with Crippen LogP contribution in [0.4, 0.5) is 11.5 Å². The molecule has 0 saturated carbocycles. The zero-order valence-electron chi connectivity index (χ0n) is 18.6. The van der Waals surface area contributed by atoms with Crippen molar-refractivity contribution in [3.05, 3.63) is 47.8 Å². The molecule has 0 radical (unpaired) electrons. The van der Waals surface area contributed by atoms with E-state index in [1.165, 1.54) is 6.33 Å². The van der Waals surface area contributed by atoms with Gasteiger partial charge in [-0.2, -0.15) is 0 Å². The molecule has 0 saturated heterocycles. The molecule has 7 nitrogen and oxygen atoms in total. The van der Waals surface area contributed by atoms with Crippen molar-refractivity contribution >= 4 is 31.8 Å². The van der Waals surface area contributed by atoms with E-state index in [4.69, 9.17) is 25.4 Å². The summed E-state index contributed by atoms with van der Waals surface area (Å²) in [5.41, 5.74) is 3.66. The van der Waals surface area contributed by atoms with E-state index in [1.807, 2.05) is 35.0 Å². The first kappa shape index (κ1) is 23.7. The molecule has 1 unspecified atom stereocenters. The maximum Gasteiger partial charge on any atom is 0.163 e. The summed E-state index contributed by atoms with van der Waals surface area (Å²) in [4.78, 5) is 9.01. The van der Waals surface area contributed by atoms with Gasteiger partial charge in [0.05, 0.1) is 24.4 Å². The summed E-state index contributed by atoms with van der Waals surface area (Å²) < 4.78 is 24.0. The second-order valence-electron chi connectivity index (χ2n) is 6.91. The summed E-state index contributed by atoms with van der Waals surface area (Å²) in [6, 6.07) is 9.74. The average Bonchev–Trinajstić information content (AvgIpc) is 2.83. The number of benzene rings is 2. The Morgan fingerprint density at radius 2 is 1.66 bits per heavy atom. The van der Waals surface area contributed by atoms with Gasteiger partial charge in [-0.05, 0) is 39.6 Å². The van der Waals surface area contributed by atoms with Gasteiger partial charge >= 0.3 is 0 Å². The summed E-state index contributed by atoms with van der Waals surface area (Å²) in [5.74, 6) is 4.60. The smallest absolute Gasteiger partial charge is 0.163 e. The molecule has 2 aromatic carbocycles. The van der Waals surface area contributed by atoms with Crippen molar-refractivity contribution in [1.29, 1.82) is 0 Å². The highest BCUT2D eigenvalue weighted by Gasteiger charge is 2.17. The summed E-state index contributed by atoms with van der Waals surface area (Å²) >= 11 is 0. The van der Waals surface area contributed by atoms with E-state index in [9.17, 15) is 0 Å². The largest absolute Gasteiger partial charge is 0.487 e. The number of aromatic nitrogens is 2. The van der Waals surface area contributed by atoms with Gasteiger partial charge in [0.2, 0.25) is 0 Å². The molecule has 0 aliphatic heterocycles. The maximum atomic E-state index is 5.94. The highest BCUT2D eigenvalue weighted by molar-refractivity contribution is 7.20. The van der Waals surface area contributed by atoms with Crippen LogP contribution in [-0.4, -0.2) is 50.6 Å². The van der Waals surface area contributed by atoms with Crippen molar-refractivity contribution in [2.24, 2.45) is 0 Å². The number of anilines is 2. The minimum atomic E-state index is 0.389. The molecule has 0 spiro atoms. The van der Waals surface area contributed by atoms with Gasteiger partial charge in [-0.1, -0.05) is 18.9 Å². The molecule has 168 valence electrons. The van der Waals surface area contributed by atoms with Crippen LogP contribution in [0.3, 0.4) is 0 Å². The highest BCUT2D eigenvalue weighted by atomic mass is 31.0. The number of hydrogen-bond acceptors (Lipinski definition) is 7. The Labute approximate surface area is 191 Å². The van der Waals surface area contributed by atoms with Crippen molar-refractivity contribution in [1.82, 2.24) is 9.97 Å². The third-order valence-corrected chi connectivity index (χ3v) is 5.41. The molecule has 32 heavy (non-hydrogen) atoms. The Morgan fingerprint density at radius 3 is 2.28 bits per heavy atom. The molecule has 1 atom stereocenters. The van der Waals surface area contributed by atoms with Gasteiger partial charge < -0.3 is 23.6 Å². The van der Waals surface area contributed by atoms with E-state index in [-0.39, 0.29) is 0 Å². The summed E-state index contributed by atoms with van der Waals surface area (Å²) in [7, 11) is 6.00. The van der Waals surface area contributed by atoms with Gasteiger partial charge in [0.15, 0.2) is 11.5 Å². The Balaban J connectivity index is 2.08. The number of fused-ring (bicyclic) bond motifs is 1. The standard InChI is InChI=1S/C24H28N3O4P/c1-5-17-7-8-18(6-2)21(13-17)27(32)24-19-14-22(30-11-9-28-3)23(31-12-10-29-4)15-20(19)25-16-26-24/h1,7-8,13-16H,6,9-12,32H2,2-4H3. The quantitative estimate of drug-likeness (QED) is 0.245. The van der Waals surface area contributed by atoms with Crippen LogP contribution in [0.15, 0.2) is 36.7 Å². The fraction of sp³-hybridized carbons (Fsp3) is 0.333. The zero-order chi connectivity index (χ0) is 22.9. The molecule has 0 aliphatic carbocycles. The van der Waals surface area contributed by atoms with Gasteiger partial charge in [0.1, 0.15) is 25.4 Å². The third kappa shape index (κ3) is 5.46. The minimum absolute atomic E-state index is 0.389. The fourth-order valence-corrected chi connectivity index (χ4v) is 3.67. The highest BCUT2D eigenvalue weighted by Crippen LogP contribution is 2.39. The van der Waals surface area contributed by atoms with Crippen LogP contribution in [-0.2, 0) is 15.9 Å². The predicted molar refractivity (Wildman–Crippen MR) is 130 cm³/mol. The van der Waals surface area contributed by atoms with Crippen molar-refractivity contribution in [3.8, 4) is 23.8 Å². The molecule has 0 amide bonds. The molecule has 0 fully saturated rings. The second-order valence-corrected chi connectivity index (χ2v) is 7.42. The minimum Gasteiger partial charge on any atom is -0.487 e. The van der Waals surface area contributed by atoms with Crippen LogP contribution < -0.4 is 14.1 Å². The fourth-order valence-electron chi connectivity index (χ4n) is 3.23. The first-order chi connectivity index (χ1) is 15.6. The molecule has 1 aromatic heterocycles. The first-order valence-corrected chi connectivity index (χ1v) is 10.8. The lowest BCUT2D eigenvalue weighted by atomic mass is 10.1. The van der Waals surface area contributed by atoms with Crippen LogP contribution in [0.5, 0.6) is 11.5 Å².